The van der Waals surface area contributed by atoms with Crippen LogP contribution >= 0.6 is 36.1 Å². The molecular formula is C32H21N9O24S6. The van der Waals surface area contributed by atoms with Crippen molar-refractivity contribution in [1.82, 2.24) is 0 Å². The van der Waals surface area contributed by atoms with Gasteiger partial charge in [-0.05, 0) is 48.5 Å². The van der Waals surface area contributed by atoms with Gasteiger partial charge < -0.3 is 15.9 Å². The normalized spacial score (nSPS) is 12.6. The Kier molecular flexibility index (Phi) is 16.4. The van der Waals surface area contributed by atoms with Gasteiger partial charge in [0.1, 0.15) is 43.1 Å². The first-order valence-corrected chi connectivity index (χ1v) is 24.1. The fraction of sp³-hybridized carbons (Fsp3) is 0. The number of azo groups is 3. The molecule has 39 heteroatoms. The number of nitrogen functional groups attached to an aromatic ring is 1. The highest BCUT2D eigenvalue weighted by Crippen LogP contribution is 2.51. The third-order valence-electron chi connectivity index (χ3n) is 8.84. The van der Waals surface area contributed by atoms with Crippen LogP contribution < -0.4 is 5.73 Å². The molecule has 374 valence electrons. The molecule has 0 spiro atoms. The van der Waals surface area contributed by atoms with Crippen molar-refractivity contribution in [3.05, 3.63) is 87.0 Å². The summed E-state index contributed by atoms with van der Waals surface area (Å²) in [5, 5.41) is 102. The Morgan fingerprint density at radius 3 is 1.70 bits per heavy atom. The zero-order valence-electron chi connectivity index (χ0n) is 33.6. The molecule has 0 amide bonds. The molecule has 0 fully saturated rings. The molecule has 0 aliphatic carbocycles. The summed E-state index contributed by atoms with van der Waals surface area (Å²) < 4.78 is 121. The monoisotopic (exact) mass is 1110 g/mol. The number of non-ortho nitro benzene ring substituents is 1. The van der Waals surface area contributed by atoms with Crippen molar-refractivity contribution in [2.24, 2.45) is 30.7 Å². The van der Waals surface area contributed by atoms with Gasteiger partial charge in [0.2, 0.25) is 0 Å². The molecule has 0 aliphatic heterocycles. The molecule has 6 aromatic rings. The van der Waals surface area contributed by atoms with E-state index in [9.17, 15) is 69.4 Å². The summed E-state index contributed by atoms with van der Waals surface area (Å²) in [6.45, 7) is 0. The summed E-state index contributed by atoms with van der Waals surface area (Å²) in [6, 6.07) is 9.26. The van der Waals surface area contributed by atoms with Gasteiger partial charge in [0.05, 0.1) is 66.8 Å². The number of hydrogen-bond donors (Lipinski definition) is 9. The van der Waals surface area contributed by atoms with Crippen LogP contribution in [0.5, 0.6) is 11.5 Å². The lowest BCUT2D eigenvalue weighted by Gasteiger charge is -2.15. The van der Waals surface area contributed by atoms with Crippen LogP contribution in [0, 0.1) is 20.2 Å². The average Bonchev–Trinajstić information content (AvgIpc) is 3.29. The molecule has 0 saturated carbocycles. The molecule has 0 unspecified atom stereocenters. The van der Waals surface area contributed by atoms with Gasteiger partial charge in [-0.25, -0.2) is 15.8 Å². The minimum absolute atomic E-state index is 0.0108. The van der Waals surface area contributed by atoms with Crippen LogP contribution in [-0.4, -0.2) is 74.7 Å². The Morgan fingerprint density at radius 2 is 1.10 bits per heavy atom. The Morgan fingerprint density at radius 1 is 0.535 bits per heavy atom. The van der Waals surface area contributed by atoms with Crippen LogP contribution in [-0.2, 0) is 58.5 Å². The van der Waals surface area contributed by atoms with E-state index >= 15 is 0 Å². The maximum Gasteiger partial charge on any atom is 0.297 e. The number of fused-ring (bicyclic) bond motifs is 2. The van der Waals surface area contributed by atoms with Gasteiger partial charge in [0.15, 0.2) is 17.2 Å². The number of nitrogens with two attached hydrogens (primary N) is 1. The molecule has 0 saturated heterocycles. The van der Waals surface area contributed by atoms with Gasteiger partial charge in [0, 0.05) is 39.3 Å². The second kappa shape index (κ2) is 21.7. The van der Waals surface area contributed by atoms with Gasteiger partial charge >= 0.3 is 0 Å². The van der Waals surface area contributed by atoms with E-state index in [2.05, 4.69) is 58.8 Å². The number of nitro groups is 2. The highest BCUT2D eigenvalue weighted by molar-refractivity contribution is 7.95. The summed E-state index contributed by atoms with van der Waals surface area (Å²) >= 11 is 0.553. The molecule has 0 bridgehead atoms. The summed E-state index contributed by atoms with van der Waals surface area (Å²) in [5.41, 5.74) is -0.0712. The summed E-state index contributed by atoms with van der Waals surface area (Å²) in [4.78, 5) is 16.8. The number of anilines is 1. The SMILES string of the molecule is Nc1c(N=Nc2ccc3c(O)c(N=Nc4ccc([N+](=O)[O-])cc4SOOO)c(S(=O)(=O)O)cc3c2S(=O)(=O)O)cc(S(=O)(=O)O)c2cc(SOOO)c(N=Nc3ccc(SOOO)cc3[N+](=O)[O-])c(O)c12. The number of phenols is 2. The van der Waals surface area contributed by atoms with E-state index in [0.717, 1.165) is 48.5 Å². The first-order valence-electron chi connectivity index (χ1n) is 17.5. The lowest BCUT2D eigenvalue weighted by molar-refractivity contribution is -0.432. The van der Waals surface area contributed by atoms with E-state index in [1.165, 1.54) is 6.07 Å². The van der Waals surface area contributed by atoms with Crippen LogP contribution in [0.4, 0.5) is 51.2 Å². The number of nitrogens with zero attached hydrogens (tertiary/aromatic N) is 8. The quantitative estimate of drug-likeness (QED) is 0.00654. The van der Waals surface area contributed by atoms with Gasteiger partial charge in [-0.15, -0.1) is 43.7 Å². The van der Waals surface area contributed by atoms with E-state index in [0.29, 0.717) is 24.2 Å². The van der Waals surface area contributed by atoms with Crippen LogP contribution in [0.3, 0.4) is 0 Å². The van der Waals surface area contributed by atoms with Crippen LogP contribution in [0.2, 0.25) is 0 Å². The maximum absolute atomic E-state index is 13.0. The number of aromatic hydroxyl groups is 2. The molecule has 6 rings (SSSR count). The van der Waals surface area contributed by atoms with E-state index < -0.39 is 138 Å². The zero-order chi connectivity index (χ0) is 52.2. The summed E-state index contributed by atoms with van der Waals surface area (Å²) in [7, 11) is -16.6. The lowest BCUT2D eigenvalue weighted by atomic mass is 10.0. The van der Waals surface area contributed by atoms with Gasteiger partial charge in [-0.2, -0.15) is 25.3 Å². The molecule has 0 aliphatic rings. The Labute approximate surface area is 404 Å². The molecule has 0 radical (unpaired) electrons. The Hall–Kier alpha value is -6.74. The van der Waals surface area contributed by atoms with Crippen molar-refractivity contribution < 1.29 is 103 Å². The molecule has 0 aromatic heterocycles. The molecule has 71 heavy (non-hydrogen) atoms. The van der Waals surface area contributed by atoms with E-state index in [4.69, 9.17) is 21.5 Å². The number of benzene rings is 6. The molecule has 0 heterocycles. The Bertz CT molecular complexity index is 3600. The van der Waals surface area contributed by atoms with E-state index in [1.54, 1.807) is 0 Å². The predicted molar refractivity (Wildman–Crippen MR) is 236 cm³/mol. The van der Waals surface area contributed by atoms with E-state index in [1.807, 2.05) is 0 Å². The van der Waals surface area contributed by atoms with Crippen molar-refractivity contribution in [1.29, 1.82) is 0 Å². The number of rotatable bonds is 20. The highest BCUT2D eigenvalue weighted by Gasteiger charge is 2.30. The van der Waals surface area contributed by atoms with Crippen LogP contribution in [0.15, 0.2) is 127 Å². The molecule has 33 nitrogen and oxygen atoms in total. The molecule has 0 atom stereocenters. The second-order valence-corrected chi connectivity index (χ2v) is 19.3. The number of nitro benzene ring substituents is 2. The number of phenolic OH excluding ortho intramolecular Hbond substituents is 2. The third kappa shape index (κ3) is 11.9. The standard InChI is InChI=1S/C32H21N9O24S6/c33-27-20(11-24(69(51,52)53)16-9-23(68-65-62-50)28(31(43)26(16)27)38-34-17-5-2-13(66-63-60-48)8-21(17)41(46)47)37-36-19-6-3-14-15(32(19)71(57,58)59)10-25(70(54,55)56)29(30(14)42)39-35-18-4-1-12(40(44)45)7-22(18)67-64-61-49/h1-11,42-43,48-50H,33H2,(H,51,52,53)(H,54,55,56)(H,57,58,59). The van der Waals surface area contributed by atoms with Crippen molar-refractivity contribution in [3.8, 4) is 11.5 Å². The van der Waals surface area contributed by atoms with Crippen molar-refractivity contribution in [2.75, 3.05) is 5.73 Å². The maximum atomic E-state index is 13.0. The lowest BCUT2D eigenvalue weighted by Crippen LogP contribution is -2.03. The minimum Gasteiger partial charge on any atom is -0.505 e. The van der Waals surface area contributed by atoms with Gasteiger partial charge in [-0.3, -0.25) is 33.9 Å². The largest absolute Gasteiger partial charge is 0.505 e. The Balaban J connectivity index is 1.55. The van der Waals surface area contributed by atoms with Gasteiger partial charge in [-0.1, -0.05) is 15.1 Å². The smallest absolute Gasteiger partial charge is 0.297 e. The number of hydrogen-bond acceptors (Lipinski definition) is 31. The summed E-state index contributed by atoms with van der Waals surface area (Å²) in [6.07, 6.45) is 0. The first kappa shape index (κ1) is 53.6. The van der Waals surface area contributed by atoms with Gasteiger partial charge in [0.25, 0.3) is 41.7 Å². The second-order valence-electron chi connectivity index (χ2n) is 12.9. The topological polar surface area (TPSA) is 506 Å². The zero-order valence-corrected chi connectivity index (χ0v) is 38.5. The highest BCUT2D eigenvalue weighted by atomic mass is 32.2. The fourth-order valence-electron chi connectivity index (χ4n) is 6.02. The minimum atomic E-state index is -5.62. The van der Waals surface area contributed by atoms with Crippen molar-refractivity contribution in [2.45, 2.75) is 29.4 Å². The third-order valence-corrected chi connectivity index (χ3v) is 13.4. The fourth-order valence-corrected chi connectivity index (χ4v) is 9.53. The first-order chi connectivity index (χ1) is 33.4. The van der Waals surface area contributed by atoms with Crippen LogP contribution in [0.1, 0.15) is 0 Å². The predicted octanol–water partition coefficient (Wildman–Crippen LogP) is 9.07. The average molecular weight is 1110 g/mol. The summed E-state index contributed by atoms with van der Waals surface area (Å²) in [5.74, 6) is -2.35. The van der Waals surface area contributed by atoms with Crippen LogP contribution in [0.25, 0.3) is 21.5 Å². The van der Waals surface area contributed by atoms with E-state index in [-0.39, 0.29) is 39.6 Å². The van der Waals surface area contributed by atoms with Crippen molar-refractivity contribution >= 4 is 139 Å². The molecule has 6 aromatic carbocycles. The van der Waals surface area contributed by atoms with Crippen molar-refractivity contribution in [3.63, 3.8) is 0 Å². The molecule has 10 N–H and O–H groups in total. The molecular weight excluding hydrogens is 1090 g/mol.